The molecule has 3 heterocycles. The maximum absolute atomic E-state index is 13.7. The van der Waals surface area contributed by atoms with Gasteiger partial charge >= 0.3 is 6.18 Å². The zero-order chi connectivity index (χ0) is 22.4. The monoisotopic (exact) mass is 454 g/mol. The van der Waals surface area contributed by atoms with Gasteiger partial charge in [-0.1, -0.05) is 12.1 Å². The third-order valence-corrected chi connectivity index (χ3v) is 6.81. The van der Waals surface area contributed by atoms with Gasteiger partial charge in [-0.15, -0.1) is 0 Å². The number of nitrogens with one attached hydrogen (secondary N) is 2. The fourth-order valence-corrected chi connectivity index (χ4v) is 4.81. The average Bonchev–Trinajstić information content (AvgIpc) is 3.31. The molecular formula is C20H22F3N4O3P. The normalized spacial score (nSPS) is 19.8. The molecule has 1 saturated heterocycles. The van der Waals surface area contributed by atoms with E-state index in [0.29, 0.717) is 29.2 Å². The van der Waals surface area contributed by atoms with Crippen LogP contribution in [0.2, 0.25) is 0 Å². The largest absolute Gasteiger partial charge is 0.419 e. The molecule has 0 spiro atoms. The summed E-state index contributed by atoms with van der Waals surface area (Å²) in [6, 6.07) is 5.03. The van der Waals surface area contributed by atoms with E-state index in [1.165, 1.54) is 6.20 Å². The molecule has 4 rings (SSSR count). The van der Waals surface area contributed by atoms with Gasteiger partial charge in [0.05, 0.1) is 17.8 Å². The molecule has 7 nitrogen and oxygen atoms in total. The lowest BCUT2D eigenvalue weighted by Crippen LogP contribution is -2.37. The van der Waals surface area contributed by atoms with Crippen molar-refractivity contribution < 1.29 is 27.6 Å². The van der Waals surface area contributed by atoms with Crippen molar-refractivity contribution in [2.75, 3.05) is 38.4 Å². The molecule has 0 bridgehead atoms. The molecule has 1 aromatic carbocycles. The first-order valence-electron chi connectivity index (χ1n) is 9.62. The van der Waals surface area contributed by atoms with Crippen LogP contribution in [0.4, 0.5) is 19.1 Å². The number of benzene rings is 1. The van der Waals surface area contributed by atoms with Gasteiger partial charge in [-0.3, -0.25) is 0 Å². The van der Waals surface area contributed by atoms with Crippen LogP contribution in [0.5, 0.6) is 0 Å². The van der Waals surface area contributed by atoms with Crippen LogP contribution in [0.15, 0.2) is 30.6 Å². The molecule has 11 heteroatoms. The average molecular weight is 454 g/mol. The number of anilines is 1. The molecular weight excluding hydrogens is 432 g/mol. The van der Waals surface area contributed by atoms with Crippen molar-refractivity contribution in [1.29, 1.82) is 0 Å². The van der Waals surface area contributed by atoms with Crippen LogP contribution in [-0.2, 0) is 15.5 Å². The van der Waals surface area contributed by atoms with Gasteiger partial charge in [-0.05, 0) is 19.4 Å². The topological polar surface area (TPSA) is 100 Å². The number of rotatable bonds is 5. The first kappa shape index (κ1) is 21.8. The lowest BCUT2D eigenvalue weighted by molar-refractivity contribution is -0.137. The van der Waals surface area contributed by atoms with E-state index in [1.807, 2.05) is 0 Å². The summed E-state index contributed by atoms with van der Waals surface area (Å²) in [5.41, 5.74) is -1.66. The third kappa shape index (κ3) is 4.33. The highest BCUT2D eigenvalue weighted by Crippen LogP contribution is 2.41. The minimum atomic E-state index is -4.67. The van der Waals surface area contributed by atoms with E-state index in [0.717, 1.165) is 6.20 Å². The van der Waals surface area contributed by atoms with Crippen molar-refractivity contribution >= 4 is 29.3 Å². The highest BCUT2D eigenvalue weighted by Gasteiger charge is 2.37. The second kappa shape index (κ2) is 7.62. The van der Waals surface area contributed by atoms with Gasteiger partial charge in [0.25, 0.3) is 0 Å². The van der Waals surface area contributed by atoms with Crippen molar-refractivity contribution in [1.82, 2.24) is 15.0 Å². The van der Waals surface area contributed by atoms with Gasteiger partial charge in [0.1, 0.15) is 18.3 Å². The standard InChI is InChI=1S/C20H22F3N4O3P/c1-31(2,29)15-5-3-4-12-13(8-24-17(12)15)16-14(20(21,22)23)9-25-18(27-16)26-10-19(28)6-7-30-11-19/h3-5,8-9,24,28H,6-7,10-11H2,1-2H3,(H,25,26,27). The summed E-state index contributed by atoms with van der Waals surface area (Å²) in [4.78, 5) is 10.9. The number of aliphatic hydroxyl groups is 1. The molecule has 1 aliphatic rings. The van der Waals surface area contributed by atoms with Crippen molar-refractivity contribution in [3.8, 4) is 11.3 Å². The fourth-order valence-electron chi connectivity index (χ4n) is 3.64. The van der Waals surface area contributed by atoms with Crippen molar-refractivity contribution in [2.45, 2.75) is 18.2 Å². The smallest absolute Gasteiger partial charge is 0.386 e. The van der Waals surface area contributed by atoms with Gasteiger partial charge in [0.15, 0.2) is 0 Å². The number of hydrogen-bond donors (Lipinski definition) is 3. The van der Waals surface area contributed by atoms with Gasteiger partial charge in [-0.25, -0.2) is 9.97 Å². The summed E-state index contributed by atoms with van der Waals surface area (Å²) in [5.74, 6) is -0.0366. The van der Waals surface area contributed by atoms with Crippen LogP contribution in [0.1, 0.15) is 12.0 Å². The predicted molar refractivity (Wildman–Crippen MR) is 112 cm³/mol. The Morgan fingerprint density at radius 3 is 2.77 bits per heavy atom. The summed E-state index contributed by atoms with van der Waals surface area (Å²) in [6.07, 6.45) is -2.10. The van der Waals surface area contributed by atoms with E-state index in [2.05, 4.69) is 20.3 Å². The van der Waals surface area contributed by atoms with Crippen molar-refractivity contribution in [3.63, 3.8) is 0 Å². The number of aromatic amines is 1. The number of ether oxygens (including phenoxy) is 1. The van der Waals surface area contributed by atoms with E-state index in [9.17, 15) is 22.8 Å². The van der Waals surface area contributed by atoms with Crippen LogP contribution in [-0.4, -0.2) is 58.7 Å². The minimum absolute atomic E-state index is 0.0366. The number of fused-ring (bicyclic) bond motifs is 1. The Morgan fingerprint density at radius 1 is 1.35 bits per heavy atom. The summed E-state index contributed by atoms with van der Waals surface area (Å²) >= 11 is 0. The zero-order valence-electron chi connectivity index (χ0n) is 17.0. The van der Waals surface area contributed by atoms with Crippen LogP contribution < -0.4 is 10.6 Å². The van der Waals surface area contributed by atoms with Gasteiger partial charge in [0, 0.05) is 48.2 Å². The Morgan fingerprint density at radius 2 is 2.13 bits per heavy atom. The SMILES string of the molecule is CP(C)(=O)c1cccc2c(-c3nc(NCC4(O)CCOC4)ncc3C(F)(F)F)c[nH]c12. The lowest BCUT2D eigenvalue weighted by Gasteiger charge is -2.21. The maximum atomic E-state index is 13.7. The van der Waals surface area contributed by atoms with Gasteiger partial charge in [-0.2, -0.15) is 13.2 Å². The molecule has 0 saturated carbocycles. The van der Waals surface area contributed by atoms with Crippen LogP contribution in [0, 0.1) is 0 Å². The van der Waals surface area contributed by atoms with E-state index < -0.39 is 24.5 Å². The number of nitrogens with zero attached hydrogens (tertiary/aromatic N) is 2. The molecule has 3 aromatic rings. The number of H-pyrrole nitrogens is 1. The number of hydrogen-bond acceptors (Lipinski definition) is 6. The molecule has 166 valence electrons. The first-order valence-corrected chi connectivity index (χ1v) is 12.2. The number of alkyl halides is 3. The van der Waals surface area contributed by atoms with Crippen molar-refractivity contribution in [3.05, 3.63) is 36.2 Å². The van der Waals surface area contributed by atoms with Crippen molar-refractivity contribution in [2.24, 2.45) is 0 Å². The molecule has 3 N–H and O–H groups in total. The number of aromatic nitrogens is 3. The Kier molecular flexibility index (Phi) is 5.36. The highest BCUT2D eigenvalue weighted by molar-refractivity contribution is 7.70. The molecule has 31 heavy (non-hydrogen) atoms. The Balaban J connectivity index is 1.80. The second-order valence-corrected chi connectivity index (χ2v) is 11.3. The number of halogens is 3. The Hall–Kier alpha value is -2.42. The molecule has 0 aliphatic carbocycles. The summed E-state index contributed by atoms with van der Waals surface area (Å²) in [5, 5.41) is 14.2. The number of para-hydroxylation sites is 1. The molecule has 0 amide bonds. The summed E-state index contributed by atoms with van der Waals surface area (Å²) in [7, 11) is -2.66. The zero-order valence-corrected chi connectivity index (χ0v) is 17.8. The molecule has 1 unspecified atom stereocenters. The molecule has 2 aromatic heterocycles. The Bertz CT molecular complexity index is 1170. The van der Waals surface area contributed by atoms with Gasteiger partial charge < -0.3 is 24.7 Å². The van der Waals surface area contributed by atoms with E-state index in [4.69, 9.17) is 4.74 Å². The van der Waals surface area contributed by atoms with E-state index >= 15 is 0 Å². The molecule has 0 radical (unpaired) electrons. The highest BCUT2D eigenvalue weighted by atomic mass is 31.2. The lowest BCUT2D eigenvalue weighted by atomic mass is 10.0. The van der Waals surface area contributed by atoms with Crippen LogP contribution >= 0.6 is 7.14 Å². The third-order valence-electron chi connectivity index (χ3n) is 5.28. The van der Waals surface area contributed by atoms with E-state index in [-0.39, 0.29) is 30.4 Å². The minimum Gasteiger partial charge on any atom is -0.386 e. The molecule has 1 aliphatic heterocycles. The summed E-state index contributed by atoms with van der Waals surface area (Å²) in [6.45, 7) is 3.80. The maximum Gasteiger partial charge on any atom is 0.419 e. The second-order valence-electron chi connectivity index (χ2n) is 8.09. The van der Waals surface area contributed by atoms with E-state index in [1.54, 1.807) is 31.5 Å². The Labute approximate surface area is 176 Å². The van der Waals surface area contributed by atoms with Crippen LogP contribution in [0.25, 0.3) is 22.2 Å². The summed E-state index contributed by atoms with van der Waals surface area (Å²) < 4.78 is 59.0. The fraction of sp³-hybridized carbons (Fsp3) is 0.400. The quantitative estimate of drug-likeness (QED) is 0.511. The molecule has 1 atom stereocenters. The molecule has 1 fully saturated rings. The van der Waals surface area contributed by atoms with Crippen LogP contribution in [0.3, 0.4) is 0 Å². The predicted octanol–water partition coefficient (Wildman–Crippen LogP) is 3.46. The van der Waals surface area contributed by atoms with Gasteiger partial charge in [0.2, 0.25) is 5.95 Å². The first-order chi connectivity index (χ1) is 14.5.